The van der Waals surface area contributed by atoms with Gasteiger partial charge in [-0.1, -0.05) is 6.92 Å². The summed E-state index contributed by atoms with van der Waals surface area (Å²) in [6.07, 6.45) is 6.68. The molecule has 5 rings (SSSR count). The van der Waals surface area contributed by atoms with Crippen LogP contribution in [0.1, 0.15) is 32.6 Å². The highest BCUT2D eigenvalue weighted by atomic mass is 32.2. The van der Waals surface area contributed by atoms with E-state index in [0.29, 0.717) is 29.4 Å². The Bertz CT molecular complexity index is 1340. The van der Waals surface area contributed by atoms with Crippen molar-refractivity contribution < 1.29 is 18.4 Å². The third kappa shape index (κ3) is 3.98. The molecule has 2 N–H and O–H groups in total. The van der Waals surface area contributed by atoms with Crippen molar-refractivity contribution in [2.24, 2.45) is 7.05 Å². The standard InChI is InChI=1S/C24H29N3O5S/c1-3-33(25,29)17-4-5-21(32-16-6-9-24(10-7-16)30-12-13-31-24)19(14-17)20-15-27(2)23(28)22-18(20)8-11-26-22/h4-5,8,11,14-16,25-26H,3,6-7,9-10,12-13H2,1-2H3. The third-order valence-electron chi connectivity index (χ3n) is 6.72. The highest BCUT2D eigenvalue weighted by Crippen LogP contribution is 2.40. The Morgan fingerprint density at radius 1 is 1.21 bits per heavy atom. The van der Waals surface area contributed by atoms with E-state index in [9.17, 15) is 9.00 Å². The Morgan fingerprint density at radius 3 is 2.64 bits per heavy atom. The van der Waals surface area contributed by atoms with Crippen molar-refractivity contribution in [2.45, 2.75) is 49.4 Å². The van der Waals surface area contributed by atoms with E-state index >= 15 is 0 Å². The molecule has 2 aromatic heterocycles. The van der Waals surface area contributed by atoms with E-state index in [0.717, 1.165) is 42.2 Å². The Morgan fingerprint density at radius 2 is 1.94 bits per heavy atom. The summed E-state index contributed by atoms with van der Waals surface area (Å²) in [7, 11) is -1.21. The van der Waals surface area contributed by atoms with Crippen LogP contribution < -0.4 is 10.3 Å². The van der Waals surface area contributed by atoms with Gasteiger partial charge >= 0.3 is 0 Å². The SMILES string of the molecule is CCS(=N)(=O)c1ccc(OC2CCC3(CC2)OCCO3)c(-c2cn(C)c(=O)c3[nH]ccc23)c1. The van der Waals surface area contributed by atoms with Crippen LogP contribution in [0.2, 0.25) is 0 Å². The van der Waals surface area contributed by atoms with Gasteiger partial charge < -0.3 is 23.8 Å². The van der Waals surface area contributed by atoms with Gasteiger partial charge in [-0.05, 0) is 37.1 Å². The van der Waals surface area contributed by atoms with Crippen LogP contribution in [-0.4, -0.2) is 44.6 Å². The van der Waals surface area contributed by atoms with Gasteiger partial charge in [0.2, 0.25) is 0 Å². The van der Waals surface area contributed by atoms with E-state index in [1.165, 1.54) is 4.57 Å². The summed E-state index contributed by atoms with van der Waals surface area (Å²) in [5.41, 5.74) is 1.91. The predicted octanol–water partition coefficient (Wildman–Crippen LogP) is 4.02. The maximum atomic E-state index is 12.9. The van der Waals surface area contributed by atoms with Gasteiger partial charge in [0.15, 0.2) is 5.79 Å². The lowest BCUT2D eigenvalue weighted by molar-refractivity contribution is -0.185. The molecule has 9 heteroatoms. The summed E-state index contributed by atoms with van der Waals surface area (Å²) in [5, 5.41) is 0.767. The van der Waals surface area contributed by atoms with Crippen molar-refractivity contribution in [1.82, 2.24) is 9.55 Å². The first-order valence-electron chi connectivity index (χ1n) is 11.3. The fourth-order valence-corrected chi connectivity index (χ4v) is 5.72. The predicted molar refractivity (Wildman–Crippen MR) is 126 cm³/mol. The van der Waals surface area contributed by atoms with Gasteiger partial charge in [0, 0.05) is 59.4 Å². The molecule has 2 aliphatic rings. The zero-order chi connectivity index (χ0) is 23.2. The average Bonchev–Trinajstić information content (AvgIpc) is 3.49. The number of aromatic nitrogens is 2. The van der Waals surface area contributed by atoms with Gasteiger partial charge in [0.05, 0.1) is 29.0 Å². The van der Waals surface area contributed by atoms with Crippen molar-refractivity contribution in [3.05, 3.63) is 47.0 Å². The molecule has 3 aromatic rings. The fourth-order valence-electron chi connectivity index (χ4n) is 4.79. The number of hydrogen-bond acceptors (Lipinski definition) is 6. The molecular formula is C24H29N3O5S. The first-order chi connectivity index (χ1) is 15.8. The molecule has 1 aromatic carbocycles. The topological polar surface area (TPSA) is 106 Å². The minimum Gasteiger partial charge on any atom is -0.490 e. The first-order valence-corrected chi connectivity index (χ1v) is 13.1. The van der Waals surface area contributed by atoms with E-state index in [-0.39, 0.29) is 17.4 Å². The highest BCUT2D eigenvalue weighted by molar-refractivity contribution is 7.92. The largest absolute Gasteiger partial charge is 0.490 e. The van der Waals surface area contributed by atoms with Gasteiger partial charge in [-0.25, -0.2) is 8.99 Å². The highest BCUT2D eigenvalue weighted by Gasteiger charge is 2.41. The van der Waals surface area contributed by atoms with E-state index in [2.05, 4.69) is 4.98 Å². The van der Waals surface area contributed by atoms with Gasteiger partial charge in [-0.3, -0.25) is 4.79 Å². The molecule has 1 spiro atoms. The van der Waals surface area contributed by atoms with Crippen LogP contribution in [0.25, 0.3) is 22.0 Å². The number of fused-ring (bicyclic) bond motifs is 1. The van der Waals surface area contributed by atoms with Crippen LogP contribution in [-0.2, 0) is 26.3 Å². The van der Waals surface area contributed by atoms with Crippen molar-refractivity contribution in [3.63, 3.8) is 0 Å². The number of hydrogen-bond donors (Lipinski definition) is 2. The second kappa shape index (κ2) is 8.30. The molecule has 8 nitrogen and oxygen atoms in total. The summed E-state index contributed by atoms with van der Waals surface area (Å²) in [6.45, 7) is 3.03. The summed E-state index contributed by atoms with van der Waals surface area (Å²) >= 11 is 0. The number of pyridine rings is 1. The molecule has 0 amide bonds. The Balaban J connectivity index is 1.56. The van der Waals surface area contributed by atoms with Crippen molar-refractivity contribution in [2.75, 3.05) is 19.0 Å². The van der Waals surface area contributed by atoms with Gasteiger partial charge in [0.1, 0.15) is 11.3 Å². The first kappa shape index (κ1) is 22.2. The Hall–Kier alpha value is -2.62. The molecule has 2 fully saturated rings. The van der Waals surface area contributed by atoms with Crippen molar-refractivity contribution in [1.29, 1.82) is 4.78 Å². The monoisotopic (exact) mass is 471 g/mol. The Labute approximate surface area is 192 Å². The lowest BCUT2D eigenvalue weighted by Crippen LogP contribution is -2.38. The zero-order valence-electron chi connectivity index (χ0n) is 18.9. The van der Waals surface area contributed by atoms with E-state index in [1.54, 1.807) is 38.5 Å². The smallest absolute Gasteiger partial charge is 0.274 e. The third-order valence-corrected chi connectivity index (χ3v) is 8.55. The molecule has 0 bridgehead atoms. The van der Waals surface area contributed by atoms with Crippen molar-refractivity contribution >= 4 is 20.6 Å². The van der Waals surface area contributed by atoms with Crippen molar-refractivity contribution in [3.8, 4) is 16.9 Å². The van der Waals surface area contributed by atoms with Crippen LogP contribution in [0.5, 0.6) is 5.75 Å². The number of rotatable bonds is 5. The lowest BCUT2D eigenvalue weighted by atomic mass is 9.91. The van der Waals surface area contributed by atoms with Gasteiger partial charge in [0.25, 0.3) is 5.56 Å². The number of benzene rings is 1. The molecule has 1 aliphatic carbocycles. The maximum Gasteiger partial charge on any atom is 0.274 e. The summed E-state index contributed by atoms with van der Waals surface area (Å²) in [4.78, 5) is 16.1. The fraction of sp³-hybridized carbons (Fsp3) is 0.458. The van der Waals surface area contributed by atoms with E-state index < -0.39 is 15.5 Å². The van der Waals surface area contributed by atoms with E-state index in [4.69, 9.17) is 19.0 Å². The summed E-state index contributed by atoms with van der Waals surface area (Å²) in [6, 6.07) is 7.18. The molecule has 176 valence electrons. The van der Waals surface area contributed by atoms with Gasteiger partial charge in [-0.15, -0.1) is 0 Å². The molecule has 1 atom stereocenters. The number of H-pyrrole nitrogens is 1. The second-order valence-electron chi connectivity index (χ2n) is 8.77. The van der Waals surface area contributed by atoms with Crippen LogP contribution in [0.15, 0.2) is 46.3 Å². The maximum absolute atomic E-state index is 12.9. The minimum atomic E-state index is -2.92. The minimum absolute atomic E-state index is 0.00574. The molecule has 3 heterocycles. The molecular weight excluding hydrogens is 442 g/mol. The molecule has 1 saturated heterocycles. The number of nitrogens with zero attached hydrogens (tertiary/aromatic N) is 1. The number of aromatic amines is 1. The van der Waals surface area contributed by atoms with Crippen LogP contribution in [0.3, 0.4) is 0 Å². The molecule has 1 saturated carbocycles. The number of ether oxygens (including phenoxy) is 3. The second-order valence-corrected chi connectivity index (χ2v) is 11.2. The number of nitrogens with one attached hydrogen (secondary N) is 2. The normalized spacial score (nSPS) is 20.3. The quantitative estimate of drug-likeness (QED) is 0.584. The summed E-state index contributed by atoms with van der Waals surface area (Å²) < 4.78 is 40.8. The number of aryl methyl sites for hydroxylation is 1. The Kier molecular flexibility index (Phi) is 5.58. The molecule has 0 radical (unpaired) electrons. The van der Waals surface area contributed by atoms with Gasteiger partial charge in [-0.2, -0.15) is 0 Å². The van der Waals surface area contributed by atoms with Crippen LogP contribution >= 0.6 is 0 Å². The van der Waals surface area contributed by atoms with Crippen LogP contribution in [0, 0.1) is 4.78 Å². The average molecular weight is 472 g/mol. The molecule has 1 unspecified atom stereocenters. The lowest BCUT2D eigenvalue weighted by Gasteiger charge is -2.35. The molecule has 33 heavy (non-hydrogen) atoms. The van der Waals surface area contributed by atoms with Crippen LogP contribution in [0.4, 0.5) is 0 Å². The zero-order valence-corrected chi connectivity index (χ0v) is 19.7. The van der Waals surface area contributed by atoms with E-state index in [1.807, 2.05) is 12.1 Å². The molecule has 1 aliphatic heterocycles. The summed E-state index contributed by atoms with van der Waals surface area (Å²) in [5.74, 6) is 0.421.